The first-order valence-electron chi connectivity index (χ1n) is 9.89. The van der Waals surface area contributed by atoms with E-state index in [0.29, 0.717) is 38.6 Å². The number of aryl methyl sites for hydroxylation is 2. The average molecular weight is 415 g/mol. The van der Waals surface area contributed by atoms with Gasteiger partial charge in [-0.25, -0.2) is 4.79 Å². The van der Waals surface area contributed by atoms with Crippen molar-refractivity contribution in [1.29, 1.82) is 0 Å². The number of rotatable bonds is 4. The van der Waals surface area contributed by atoms with Crippen LogP contribution in [0.25, 0.3) is 21.8 Å². The van der Waals surface area contributed by atoms with Crippen LogP contribution in [0.1, 0.15) is 39.0 Å². The molecular weight excluding hydrogens is 394 g/mol. The number of aromatic nitrogens is 2. The minimum atomic E-state index is -0.439. The highest BCUT2D eigenvalue weighted by atomic mass is 16.5. The highest BCUT2D eigenvalue weighted by Gasteiger charge is 2.14. The molecule has 0 unspecified atom stereocenters. The minimum Gasteiger partial charge on any atom is -0.462 e. The van der Waals surface area contributed by atoms with Crippen molar-refractivity contribution in [2.45, 2.75) is 20.8 Å². The van der Waals surface area contributed by atoms with E-state index in [1.54, 1.807) is 49.4 Å². The van der Waals surface area contributed by atoms with Gasteiger partial charge in [-0.15, -0.1) is 0 Å². The van der Waals surface area contributed by atoms with Crippen LogP contribution >= 0.6 is 0 Å². The van der Waals surface area contributed by atoms with Crippen LogP contribution in [0.4, 0.5) is 5.69 Å². The Labute approximate surface area is 178 Å². The highest BCUT2D eigenvalue weighted by molar-refractivity contribution is 6.10. The molecule has 4 aromatic rings. The number of hydrogen-bond acceptors (Lipinski definition) is 5. The summed E-state index contributed by atoms with van der Waals surface area (Å²) in [6.07, 6.45) is 0. The third kappa shape index (κ3) is 4.02. The van der Waals surface area contributed by atoms with Gasteiger partial charge < -0.3 is 15.0 Å². The third-order valence-electron chi connectivity index (χ3n) is 4.92. The number of nitrogens with zero attached hydrogens (tertiary/aromatic N) is 1. The molecule has 0 aliphatic rings. The highest BCUT2D eigenvalue weighted by Crippen LogP contribution is 2.26. The van der Waals surface area contributed by atoms with E-state index >= 15 is 0 Å². The van der Waals surface area contributed by atoms with Crippen molar-refractivity contribution in [2.24, 2.45) is 0 Å². The molecule has 0 saturated heterocycles. The lowest BCUT2D eigenvalue weighted by Gasteiger charge is -2.12. The lowest BCUT2D eigenvalue weighted by atomic mass is 10.1. The first-order chi connectivity index (χ1) is 14.9. The first-order valence-corrected chi connectivity index (χ1v) is 9.89. The predicted octanol–water partition coefficient (Wildman–Crippen LogP) is 4.12. The predicted molar refractivity (Wildman–Crippen MR) is 120 cm³/mol. The molecular formula is C24H21N3O4. The Balaban J connectivity index is 1.74. The van der Waals surface area contributed by atoms with E-state index in [0.717, 1.165) is 11.4 Å². The Morgan fingerprint density at radius 3 is 2.52 bits per heavy atom. The van der Waals surface area contributed by atoms with E-state index in [4.69, 9.17) is 4.74 Å². The molecule has 0 aliphatic carbocycles. The van der Waals surface area contributed by atoms with Crippen LogP contribution in [0.15, 0.2) is 53.3 Å². The quantitative estimate of drug-likeness (QED) is 0.488. The van der Waals surface area contributed by atoms with E-state index in [-0.39, 0.29) is 17.9 Å². The van der Waals surface area contributed by atoms with Crippen molar-refractivity contribution in [2.75, 3.05) is 11.9 Å². The topological polar surface area (TPSA) is 101 Å². The molecule has 7 nitrogen and oxygen atoms in total. The standard InChI is InChI=1S/C24H21N3O4/c1-4-31-24(30)16-6-8-19-17(12-16)21(9-13(2)25-19)27-23(29)15-5-7-20-18(11-15)22(28)10-14(3)26-20/h5-12H,4H2,1-3H3,(H,26,28)(H,25,27,29). The molecule has 2 heterocycles. The third-order valence-corrected chi connectivity index (χ3v) is 4.92. The van der Waals surface area contributed by atoms with Crippen LogP contribution in [-0.2, 0) is 4.74 Å². The Morgan fingerprint density at radius 1 is 1.00 bits per heavy atom. The van der Waals surface area contributed by atoms with Crippen LogP contribution in [0.5, 0.6) is 0 Å². The Hall–Kier alpha value is -4.00. The maximum absolute atomic E-state index is 13.0. The van der Waals surface area contributed by atoms with Crippen molar-refractivity contribution < 1.29 is 14.3 Å². The number of fused-ring (bicyclic) bond motifs is 2. The number of pyridine rings is 2. The van der Waals surface area contributed by atoms with Crippen molar-refractivity contribution in [3.8, 4) is 0 Å². The Kier molecular flexibility index (Phi) is 5.25. The summed E-state index contributed by atoms with van der Waals surface area (Å²) in [6, 6.07) is 13.2. The van der Waals surface area contributed by atoms with Crippen molar-refractivity contribution in [3.05, 3.63) is 81.3 Å². The zero-order valence-corrected chi connectivity index (χ0v) is 17.4. The molecule has 0 bridgehead atoms. The maximum atomic E-state index is 13.0. The number of nitrogens with one attached hydrogen (secondary N) is 2. The van der Waals surface area contributed by atoms with Gasteiger partial charge in [0.1, 0.15) is 0 Å². The van der Waals surface area contributed by atoms with Crippen LogP contribution in [0, 0.1) is 13.8 Å². The molecule has 2 aromatic carbocycles. The van der Waals surface area contributed by atoms with Gasteiger partial charge in [0.2, 0.25) is 0 Å². The van der Waals surface area contributed by atoms with Crippen LogP contribution in [0.2, 0.25) is 0 Å². The van der Waals surface area contributed by atoms with Crippen molar-refractivity contribution in [1.82, 2.24) is 9.97 Å². The molecule has 0 aliphatic heterocycles. The monoisotopic (exact) mass is 415 g/mol. The van der Waals surface area contributed by atoms with E-state index in [9.17, 15) is 14.4 Å². The van der Waals surface area contributed by atoms with Gasteiger partial charge in [-0.3, -0.25) is 14.6 Å². The molecule has 156 valence electrons. The van der Waals surface area contributed by atoms with Crippen LogP contribution < -0.4 is 10.7 Å². The molecule has 31 heavy (non-hydrogen) atoms. The second-order valence-electron chi connectivity index (χ2n) is 7.29. The fourth-order valence-corrected chi connectivity index (χ4v) is 3.52. The lowest BCUT2D eigenvalue weighted by molar-refractivity contribution is 0.0526. The van der Waals surface area contributed by atoms with Gasteiger partial charge in [0.05, 0.1) is 23.4 Å². The van der Waals surface area contributed by atoms with E-state index in [1.807, 2.05) is 13.8 Å². The number of carbonyl (C=O) groups excluding carboxylic acids is 2. The molecule has 2 N–H and O–H groups in total. The molecule has 0 radical (unpaired) electrons. The zero-order valence-electron chi connectivity index (χ0n) is 17.4. The van der Waals surface area contributed by atoms with Crippen molar-refractivity contribution >= 4 is 39.4 Å². The number of anilines is 1. The summed E-state index contributed by atoms with van der Waals surface area (Å²) in [7, 11) is 0. The fourth-order valence-electron chi connectivity index (χ4n) is 3.52. The summed E-state index contributed by atoms with van der Waals surface area (Å²) in [6.45, 7) is 5.65. The summed E-state index contributed by atoms with van der Waals surface area (Å²) in [5.41, 5.74) is 3.90. The fraction of sp³-hybridized carbons (Fsp3) is 0.167. The number of hydrogen-bond donors (Lipinski definition) is 2. The van der Waals surface area contributed by atoms with Gasteiger partial charge in [-0.1, -0.05) is 0 Å². The molecule has 4 rings (SSSR count). The summed E-state index contributed by atoms with van der Waals surface area (Å²) in [5.74, 6) is -0.804. The van der Waals surface area contributed by atoms with Gasteiger partial charge in [0.15, 0.2) is 5.43 Å². The first kappa shape index (κ1) is 20.3. The Morgan fingerprint density at radius 2 is 1.74 bits per heavy atom. The summed E-state index contributed by atoms with van der Waals surface area (Å²) >= 11 is 0. The smallest absolute Gasteiger partial charge is 0.338 e. The lowest BCUT2D eigenvalue weighted by Crippen LogP contribution is -2.14. The van der Waals surface area contributed by atoms with Crippen LogP contribution in [0.3, 0.4) is 0 Å². The molecule has 0 fully saturated rings. The van der Waals surface area contributed by atoms with E-state index in [1.165, 1.54) is 6.07 Å². The number of aromatic amines is 1. The maximum Gasteiger partial charge on any atom is 0.338 e. The van der Waals surface area contributed by atoms with Gasteiger partial charge in [-0.2, -0.15) is 0 Å². The average Bonchev–Trinajstić information content (AvgIpc) is 2.73. The van der Waals surface area contributed by atoms with Gasteiger partial charge in [0.25, 0.3) is 5.91 Å². The number of esters is 1. The molecule has 1 amide bonds. The molecule has 0 spiro atoms. The van der Waals surface area contributed by atoms with Gasteiger partial charge in [-0.05, 0) is 63.2 Å². The second kappa shape index (κ2) is 8.02. The SMILES string of the molecule is CCOC(=O)c1ccc2nc(C)cc(NC(=O)c3ccc4[nH]c(C)cc(=O)c4c3)c2c1. The van der Waals surface area contributed by atoms with Gasteiger partial charge in [0, 0.05) is 39.3 Å². The number of benzene rings is 2. The van der Waals surface area contributed by atoms with E-state index < -0.39 is 5.97 Å². The number of amides is 1. The van der Waals surface area contributed by atoms with Crippen molar-refractivity contribution in [3.63, 3.8) is 0 Å². The second-order valence-corrected chi connectivity index (χ2v) is 7.29. The summed E-state index contributed by atoms with van der Waals surface area (Å²) in [4.78, 5) is 45.0. The zero-order chi connectivity index (χ0) is 22.1. The summed E-state index contributed by atoms with van der Waals surface area (Å²) in [5, 5.41) is 3.96. The molecule has 2 aromatic heterocycles. The molecule has 0 saturated carbocycles. The van der Waals surface area contributed by atoms with E-state index in [2.05, 4.69) is 15.3 Å². The normalized spacial score (nSPS) is 10.9. The summed E-state index contributed by atoms with van der Waals surface area (Å²) < 4.78 is 5.07. The van der Waals surface area contributed by atoms with Crippen LogP contribution in [-0.4, -0.2) is 28.5 Å². The van der Waals surface area contributed by atoms with Gasteiger partial charge >= 0.3 is 5.97 Å². The number of ether oxygens (including phenoxy) is 1. The Bertz CT molecular complexity index is 1410. The number of carbonyl (C=O) groups is 2. The number of H-pyrrole nitrogens is 1. The minimum absolute atomic E-state index is 0.148. The molecule has 7 heteroatoms. The molecule has 0 atom stereocenters. The largest absolute Gasteiger partial charge is 0.462 e.